The predicted molar refractivity (Wildman–Crippen MR) is 85.4 cm³/mol. The van der Waals surface area contributed by atoms with Gasteiger partial charge in [0.25, 0.3) is 0 Å². The molecule has 2 aromatic carbocycles. The van der Waals surface area contributed by atoms with Crippen LogP contribution in [0.1, 0.15) is 47.6 Å². The molecule has 0 bridgehead atoms. The topological polar surface area (TPSA) is 90.2 Å². The van der Waals surface area contributed by atoms with Gasteiger partial charge in [-0.25, -0.2) is 0 Å². The quantitative estimate of drug-likeness (QED) is 0.602. The Morgan fingerprint density at radius 3 is 2.22 bits per heavy atom. The fourth-order valence-electron chi connectivity index (χ4n) is 3.10. The van der Waals surface area contributed by atoms with Gasteiger partial charge in [-0.1, -0.05) is 6.92 Å². The second kappa shape index (κ2) is 5.26. The third-order valence-electron chi connectivity index (χ3n) is 4.48. The van der Waals surface area contributed by atoms with E-state index < -0.39 is 0 Å². The highest BCUT2D eigenvalue weighted by molar-refractivity contribution is 5.60. The Morgan fingerprint density at radius 1 is 0.913 bits per heavy atom. The second-order valence-corrected chi connectivity index (χ2v) is 6.26. The lowest BCUT2D eigenvalue weighted by Gasteiger charge is -2.32. The van der Waals surface area contributed by atoms with Gasteiger partial charge in [0.15, 0.2) is 23.0 Å². The molecule has 3 rings (SSSR count). The third-order valence-corrected chi connectivity index (χ3v) is 4.48. The monoisotopic (exact) mass is 316 g/mol. The maximum absolute atomic E-state index is 10.2. The molecule has 122 valence electrons. The van der Waals surface area contributed by atoms with E-state index in [2.05, 4.69) is 0 Å². The van der Waals surface area contributed by atoms with Crippen LogP contribution in [0.2, 0.25) is 0 Å². The van der Waals surface area contributed by atoms with Crippen molar-refractivity contribution in [1.29, 1.82) is 0 Å². The molecule has 1 aliphatic heterocycles. The molecule has 4 N–H and O–H groups in total. The summed E-state index contributed by atoms with van der Waals surface area (Å²) in [6.45, 7) is 5.46. The normalized spacial score (nSPS) is 20.0. The number of aryl methyl sites for hydroxylation is 2. The number of hydrogen-bond donors (Lipinski definition) is 4. The average Bonchev–Trinajstić information content (AvgIpc) is 2.51. The zero-order chi connectivity index (χ0) is 16.9. The molecule has 0 spiro atoms. The van der Waals surface area contributed by atoms with Crippen molar-refractivity contribution in [1.82, 2.24) is 0 Å². The largest absolute Gasteiger partial charge is 0.504 e. The molecule has 2 atom stereocenters. The molecule has 0 radical (unpaired) electrons. The Balaban J connectivity index is 2.06. The van der Waals surface area contributed by atoms with Gasteiger partial charge in [-0.2, -0.15) is 0 Å². The van der Waals surface area contributed by atoms with Gasteiger partial charge in [-0.3, -0.25) is 0 Å². The van der Waals surface area contributed by atoms with Crippen LogP contribution in [0.15, 0.2) is 18.2 Å². The first-order chi connectivity index (χ1) is 10.8. The van der Waals surface area contributed by atoms with Crippen molar-refractivity contribution < 1.29 is 25.2 Å². The van der Waals surface area contributed by atoms with E-state index in [4.69, 9.17) is 4.74 Å². The standard InChI is InChI=1S/C18H20O5/c1-8-6-14(11-4-9(2)15(20)13(19)7-11)23-18-12(8)5-10(3)16(21)17(18)22/h4-5,7-8,14,19-22H,6H2,1-3H3. The fraction of sp³-hybridized carbons (Fsp3) is 0.333. The highest BCUT2D eigenvalue weighted by atomic mass is 16.5. The van der Waals surface area contributed by atoms with Gasteiger partial charge in [-0.15, -0.1) is 0 Å². The van der Waals surface area contributed by atoms with Crippen molar-refractivity contribution in [2.24, 2.45) is 0 Å². The smallest absolute Gasteiger partial charge is 0.201 e. The Kier molecular flexibility index (Phi) is 3.51. The van der Waals surface area contributed by atoms with Crippen molar-refractivity contribution in [3.05, 3.63) is 40.5 Å². The minimum Gasteiger partial charge on any atom is -0.504 e. The summed E-state index contributed by atoms with van der Waals surface area (Å²) in [5.41, 5.74) is 2.73. The molecule has 0 fully saturated rings. The summed E-state index contributed by atoms with van der Waals surface area (Å²) in [5.74, 6) is -0.378. The number of phenolic OH excluding ortho intramolecular Hbond substituents is 4. The summed E-state index contributed by atoms with van der Waals surface area (Å²) < 4.78 is 5.90. The van der Waals surface area contributed by atoms with Crippen molar-refractivity contribution in [3.63, 3.8) is 0 Å². The van der Waals surface area contributed by atoms with E-state index in [1.165, 1.54) is 6.07 Å². The first-order valence-electron chi connectivity index (χ1n) is 7.54. The van der Waals surface area contributed by atoms with Crippen molar-refractivity contribution in [2.75, 3.05) is 0 Å². The minimum absolute atomic E-state index is 0.116. The van der Waals surface area contributed by atoms with Crippen LogP contribution in [0.25, 0.3) is 0 Å². The number of phenols is 4. The summed E-state index contributed by atoms with van der Waals surface area (Å²) in [7, 11) is 0. The van der Waals surface area contributed by atoms with Gasteiger partial charge in [0.2, 0.25) is 5.75 Å². The van der Waals surface area contributed by atoms with Crippen LogP contribution >= 0.6 is 0 Å². The Hall–Kier alpha value is -2.56. The lowest BCUT2D eigenvalue weighted by molar-refractivity contribution is 0.155. The van der Waals surface area contributed by atoms with Crippen LogP contribution in [-0.2, 0) is 0 Å². The number of rotatable bonds is 1. The lowest BCUT2D eigenvalue weighted by atomic mass is 9.87. The van der Waals surface area contributed by atoms with Gasteiger partial charge < -0.3 is 25.2 Å². The summed E-state index contributed by atoms with van der Waals surface area (Å²) in [4.78, 5) is 0. The Labute approximate surface area is 134 Å². The lowest BCUT2D eigenvalue weighted by Crippen LogP contribution is -2.18. The van der Waals surface area contributed by atoms with E-state index in [1.807, 2.05) is 13.0 Å². The first-order valence-corrected chi connectivity index (χ1v) is 7.54. The molecule has 1 aliphatic rings. The van der Waals surface area contributed by atoms with E-state index in [9.17, 15) is 20.4 Å². The Bertz CT molecular complexity index is 758. The zero-order valence-electron chi connectivity index (χ0n) is 13.3. The molecule has 0 aliphatic carbocycles. The van der Waals surface area contributed by atoms with Gasteiger partial charge >= 0.3 is 0 Å². The SMILES string of the molecule is Cc1cc(C2CC(C)c3cc(C)c(O)c(O)c3O2)cc(O)c1O. The molecule has 0 amide bonds. The van der Waals surface area contributed by atoms with Crippen LogP contribution in [0.3, 0.4) is 0 Å². The number of ether oxygens (including phenoxy) is 1. The molecule has 2 unspecified atom stereocenters. The van der Waals surface area contributed by atoms with E-state index in [1.54, 1.807) is 19.9 Å². The molecule has 5 heteroatoms. The molecule has 5 nitrogen and oxygen atoms in total. The molecule has 1 heterocycles. The highest BCUT2D eigenvalue weighted by Gasteiger charge is 2.31. The maximum atomic E-state index is 10.2. The number of hydrogen-bond acceptors (Lipinski definition) is 5. The van der Waals surface area contributed by atoms with Gasteiger partial charge in [-0.05, 0) is 61.1 Å². The van der Waals surface area contributed by atoms with E-state index in [0.717, 1.165) is 11.1 Å². The fourth-order valence-corrected chi connectivity index (χ4v) is 3.10. The number of benzene rings is 2. The first kappa shape index (κ1) is 15.3. The molecule has 0 aromatic heterocycles. The van der Waals surface area contributed by atoms with Crippen LogP contribution in [0.5, 0.6) is 28.7 Å². The van der Waals surface area contributed by atoms with Crippen LogP contribution < -0.4 is 4.74 Å². The molecule has 23 heavy (non-hydrogen) atoms. The van der Waals surface area contributed by atoms with E-state index >= 15 is 0 Å². The van der Waals surface area contributed by atoms with E-state index in [-0.39, 0.29) is 40.8 Å². The molecule has 0 saturated carbocycles. The van der Waals surface area contributed by atoms with Crippen LogP contribution in [-0.4, -0.2) is 20.4 Å². The zero-order valence-corrected chi connectivity index (χ0v) is 13.3. The highest BCUT2D eigenvalue weighted by Crippen LogP contribution is 2.51. The van der Waals surface area contributed by atoms with Crippen LogP contribution in [0.4, 0.5) is 0 Å². The summed E-state index contributed by atoms with van der Waals surface area (Å²) >= 11 is 0. The average molecular weight is 316 g/mol. The summed E-state index contributed by atoms with van der Waals surface area (Å²) in [5, 5.41) is 39.6. The number of aromatic hydroxyl groups is 4. The molecule has 0 saturated heterocycles. The van der Waals surface area contributed by atoms with Crippen molar-refractivity contribution in [2.45, 2.75) is 39.2 Å². The molecule has 2 aromatic rings. The van der Waals surface area contributed by atoms with Gasteiger partial charge in [0, 0.05) is 5.56 Å². The van der Waals surface area contributed by atoms with Crippen LogP contribution in [0, 0.1) is 13.8 Å². The van der Waals surface area contributed by atoms with Gasteiger partial charge in [0.1, 0.15) is 6.10 Å². The predicted octanol–water partition coefficient (Wildman–Crippen LogP) is 3.75. The summed E-state index contributed by atoms with van der Waals surface area (Å²) in [6, 6.07) is 5.04. The molecular weight excluding hydrogens is 296 g/mol. The summed E-state index contributed by atoms with van der Waals surface area (Å²) in [6.07, 6.45) is 0.288. The Morgan fingerprint density at radius 2 is 1.57 bits per heavy atom. The van der Waals surface area contributed by atoms with E-state index in [0.29, 0.717) is 17.5 Å². The maximum Gasteiger partial charge on any atom is 0.201 e. The number of fused-ring (bicyclic) bond motifs is 1. The van der Waals surface area contributed by atoms with Gasteiger partial charge in [0.05, 0.1) is 0 Å². The molecular formula is C18H20O5. The second-order valence-electron chi connectivity index (χ2n) is 6.26. The minimum atomic E-state index is -0.379. The van der Waals surface area contributed by atoms with Crippen molar-refractivity contribution >= 4 is 0 Å². The van der Waals surface area contributed by atoms with Crippen molar-refractivity contribution in [3.8, 4) is 28.7 Å². The third kappa shape index (κ3) is 2.42.